The lowest BCUT2D eigenvalue weighted by Gasteiger charge is -2.32. The summed E-state index contributed by atoms with van der Waals surface area (Å²) >= 11 is 0. The second-order valence-electron chi connectivity index (χ2n) is 9.27. The molecular weight excluding hydrogens is 396 g/mol. The zero-order chi connectivity index (χ0) is 23.1. The van der Waals surface area contributed by atoms with Gasteiger partial charge in [0.25, 0.3) is 0 Å². The second-order valence-corrected chi connectivity index (χ2v) is 9.27. The Balaban J connectivity index is 0.000000140. The number of benzene rings is 3. The topological polar surface area (TPSA) is 27.7 Å². The first-order valence-corrected chi connectivity index (χ1v) is 11.4. The molecule has 0 unspecified atom stereocenters. The van der Waals surface area contributed by atoms with Crippen LogP contribution in [0, 0.1) is 27.7 Å². The van der Waals surface area contributed by atoms with Crippen molar-refractivity contribution in [1.82, 2.24) is 0 Å². The minimum Gasteiger partial charge on any atom is -0.488 e. The molecule has 3 aromatic carbocycles. The van der Waals surface area contributed by atoms with Crippen LogP contribution in [0.3, 0.4) is 0 Å². The molecule has 2 aliphatic rings. The van der Waals surface area contributed by atoms with Crippen LogP contribution in [0.5, 0.6) is 17.2 Å². The molecule has 3 aromatic rings. The summed E-state index contributed by atoms with van der Waals surface area (Å²) in [6.07, 6.45) is 2.26. The average Bonchev–Trinajstić information content (AvgIpc) is 2.76. The maximum atomic E-state index is 5.87. The minimum atomic E-state index is 0.0161. The molecule has 0 fully saturated rings. The van der Waals surface area contributed by atoms with Gasteiger partial charge in [0.1, 0.15) is 24.6 Å². The van der Waals surface area contributed by atoms with E-state index in [-0.39, 0.29) is 5.60 Å². The van der Waals surface area contributed by atoms with Crippen LogP contribution in [-0.4, -0.2) is 18.8 Å². The predicted molar refractivity (Wildman–Crippen MR) is 132 cm³/mol. The van der Waals surface area contributed by atoms with Gasteiger partial charge in [-0.2, -0.15) is 0 Å². The van der Waals surface area contributed by atoms with Gasteiger partial charge < -0.3 is 14.2 Å². The third-order valence-corrected chi connectivity index (χ3v) is 5.51. The molecule has 0 saturated carbocycles. The molecule has 3 nitrogen and oxygen atoms in total. The molecule has 2 aliphatic heterocycles. The lowest BCUT2D eigenvalue weighted by molar-refractivity contribution is 0.0846. The predicted octanol–water partition coefficient (Wildman–Crippen LogP) is 7.17. The van der Waals surface area contributed by atoms with Crippen molar-refractivity contribution in [3.63, 3.8) is 0 Å². The van der Waals surface area contributed by atoms with Crippen molar-refractivity contribution < 1.29 is 14.2 Å². The molecule has 5 rings (SSSR count). The number of aryl methyl sites for hydroxylation is 5. The number of hydrogen-bond acceptors (Lipinski definition) is 3. The summed E-state index contributed by atoms with van der Waals surface area (Å²) in [5, 5.41) is 0. The van der Waals surface area contributed by atoms with E-state index >= 15 is 0 Å². The molecule has 2 heterocycles. The van der Waals surface area contributed by atoms with Crippen LogP contribution in [0.4, 0.5) is 0 Å². The van der Waals surface area contributed by atoms with Crippen molar-refractivity contribution in [1.29, 1.82) is 0 Å². The fourth-order valence-corrected chi connectivity index (χ4v) is 3.58. The molecule has 0 aliphatic carbocycles. The van der Waals surface area contributed by atoms with Gasteiger partial charge in [-0.1, -0.05) is 59.2 Å². The van der Waals surface area contributed by atoms with Crippen molar-refractivity contribution in [2.75, 3.05) is 13.2 Å². The van der Waals surface area contributed by atoms with Gasteiger partial charge in [-0.15, -0.1) is 0 Å². The summed E-state index contributed by atoms with van der Waals surface area (Å²) in [5.41, 5.74) is 6.56. The molecule has 0 aromatic heterocycles. The number of hydrogen-bond donors (Lipinski definition) is 0. The van der Waals surface area contributed by atoms with Crippen LogP contribution in [-0.2, 0) is 6.42 Å². The highest BCUT2D eigenvalue weighted by Crippen LogP contribution is 2.33. The van der Waals surface area contributed by atoms with Crippen molar-refractivity contribution in [3.8, 4) is 17.2 Å². The number of ether oxygens (including phenoxy) is 3. The third-order valence-electron chi connectivity index (χ3n) is 5.51. The Morgan fingerprint density at radius 3 is 1.72 bits per heavy atom. The van der Waals surface area contributed by atoms with Gasteiger partial charge in [0.2, 0.25) is 0 Å². The van der Waals surface area contributed by atoms with Crippen molar-refractivity contribution in [2.24, 2.45) is 0 Å². The fourth-order valence-electron chi connectivity index (χ4n) is 3.58. The van der Waals surface area contributed by atoms with Gasteiger partial charge in [0.05, 0.1) is 0 Å². The Hall–Kier alpha value is -2.94. The highest BCUT2D eigenvalue weighted by molar-refractivity contribution is 5.43. The highest BCUT2D eigenvalue weighted by Gasteiger charge is 2.26. The molecular formula is C29H36O3. The smallest absolute Gasteiger partial charge is 0.161 e. The first-order valence-electron chi connectivity index (χ1n) is 11.4. The van der Waals surface area contributed by atoms with Gasteiger partial charge >= 0.3 is 0 Å². The summed E-state index contributed by atoms with van der Waals surface area (Å²) in [4.78, 5) is 0. The molecule has 0 amide bonds. The molecule has 0 N–H and O–H groups in total. The van der Waals surface area contributed by atoms with Gasteiger partial charge in [0.15, 0.2) is 11.5 Å². The van der Waals surface area contributed by atoms with Crippen LogP contribution in [0.2, 0.25) is 0 Å². The average molecular weight is 433 g/mol. The van der Waals surface area contributed by atoms with E-state index in [0.29, 0.717) is 13.2 Å². The Morgan fingerprint density at radius 1 is 0.594 bits per heavy atom. The summed E-state index contributed by atoms with van der Waals surface area (Å²) in [7, 11) is 0. The molecule has 3 heteroatoms. The summed E-state index contributed by atoms with van der Waals surface area (Å²) < 4.78 is 16.6. The van der Waals surface area contributed by atoms with E-state index in [1.54, 1.807) is 0 Å². The molecule has 0 spiro atoms. The van der Waals surface area contributed by atoms with Crippen molar-refractivity contribution in [3.05, 3.63) is 88.5 Å². The standard InChI is InChI=1S/C12H16O.C9H10O2.C8H10/c1-9-4-5-11-10(8-9)6-7-12(2,3)13-11;1-7-2-3-8-9(6-7)11-5-4-10-8;1-7-3-5-8(2)6-4-7/h4-5,8H,6-7H2,1-3H3;2-3,6H,4-5H2,1H3;3-6H,1-2H3. The summed E-state index contributed by atoms with van der Waals surface area (Å²) in [6, 6.07) is 20.9. The maximum Gasteiger partial charge on any atom is 0.161 e. The van der Waals surface area contributed by atoms with Crippen LogP contribution in [0.25, 0.3) is 0 Å². The molecule has 0 atom stereocenters. The van der Waals surface area contributed by atoms with Crippen LogP contribution in [0.15, 0.2) is 60.7 Å². The quantitative estimate of drug-likeness (QED) is 0.377. The van der Waals surface area contributed by atoms with Gasteiger partial charge in [-0.05, 0) is 83.7 Å². The lowest BCUT2D eigenvalue weighted by atomic mass is 9.93. The zero-order valence-electron chi connectivity index (χ0n) is 20.3. The fraction of sp³-hybridized carbons (Fsp3) is 0.379. The van der Waals surface area contributed by atoms with E-state index in [4.69, 9.17) is 14.2 Å². The third kappa shape index (κ3) is 7.05. The van der Waals surface area contributed by atoms with E-state index in [1.165, 1.54) is 27.8 Å². The normalized spacial score (nSPS) is 15.1. The molecule has 32 heavy (non-hydrogen) atoms. The monoisotopic (exact) mass is 432 g/mol. The van der Waals surface area contributed by atoms with Gasteiger partial charge in [0, 0.05) is 0 Å². The second kappa shape index (κ2) is 10.6. The first kappa shape index (κ1) is 23.7. The SMILES string of the molecule is Cc1ccc(C)cc1.Cc1ccc2c(c1)CCC(C)(C)O2.Cc1ccc2c(c1)OCCO2. The molecule has 0 saturated heterocycles. The van der Waals surface area contributed by atoms with E-state index in [9.17, 15) is 0 Å². The summed E-state index contributed by atoms with van der Waals surface area (Å²) in [5.74, 6) is 2.81. The van der Waals surface area contributed by atoms with Crippen LogP contribution >= 0.6 is 0 Å². The molecule has 170 valence electrons. The van der Waals surface area contributed by atoms with Crippen LogP contribution < -0.4 is 14.2 Å². The Morgan fingerprint density at radius 2 is 1.09 bits per heavy atom. The lowest BCUT2D eigenvalue weighted by Crippen LogP contribution is -2.32. The van der Waals surface area contributed by atoms with E-state index in [0.717, 1.165) is 30.1 Å². The Bertz CT molecular complexity index is 998. The Kier molecular flexibility index (Phi) is 7.84. The van der Waals surface area contributed by atoms with Gasteiger partial charge in [-0.3, -0.25) is 0 Å². The Labute approximate surface area is 193 Å². The van der Waals surface area contributed by atoms with E-state index < -0.39 is 0 Å². The van der Waals surface area contributed by atoms with Crippen molar-refractivity contribution >= 4 is 0 Å². The number of fused-ring (bicyclic) bond motifs is 2. The van der Waals surface area contributed by atoms with Crippen LogP contribution in [0.1, 0.15) is 48.1 Å². The molecule has 0 bridgehead atoms. The van der Waals surface area contributed by atoms with Gasteiger partial charge in [-0.25, -0.2) is 0 Å². The van der Waals surface area contributed by atoms with E-state index in [2.05, 4.69) is 77.1 Å². The maximum absolute atomic E-state index is 5.87. The minimum absolute atomic E-state index is 0.0161. The van der Waals surface area contributed by atoms with Crippen molar-refractivity contribution in [2.45, 2.75) is 60.0 Å². The van der Waals surface area contributed by atoms with E-state index in [1.807, 2.05) is 25.1 Å². The summed E-state index contributed by atoms with van der Waals surface area (Å²) in [6.45, 7) is 14.0. The number of rotatable bonds is 0. The zero-order valence-corrected chi connectivity index (χ0v) is 20.3. The largest absolute Gasteiger partial charge is 0.488 e. The highest BCUT2D eigenvalue weighted by atomic mass is 16.6. The first-order chi connectivity index (χ1) is 15.2. The molecule has 0 radical (unpaired) electrons.